The van der Waals surface area contributed by atoms with Crippen molar-refractivity contribution >= 4 is 29.2 Å². The Labute approximate surface area is 227 Å². The summed E-state index contributed by atoms with van der Waals surface area (Å²) in [5.41, 5.74) is 7.76. The van der Waals surface area contributed by atoms with E-state index in [9.17, 15) is 14.7 Å². The lowest BCUT2D eigenvalue weighted by molar-refractivity contribution is 0.0560. The van der Waals surface area contributed by atoms with Gasteiger partial charge in [-0.05, 0) is 71.2 Å². The molecule has 0 fully saturated rings. The maximum absolute atomic E-state index is 12.3. The number of aromatic nitrogens is 1. The first-order valence-electron chi connectivity index (χ1n) is 12.6. The number of fused-ring (bicyclic) bond motifs is 1. The highest BCUT2D eigenvalue weighted by molar-refractivity contribution is 5.98. The number of oxazole rings is 1. The van der Waals surface area contributed by atoms with E-state index >= 15 is 0 Å². The van der Waals surface area contributed by atoms with Gasteiger partial charge in [-0.15, -0.1) is 4.99 Å². The lowest BCUT2D eigenvalue weighted by Gasteiger charge is -2.21. The number of amides is 2. The highest BCUT2D eigenvalue weighted by Gasteiger charge is 2.23. The number of aliphatic imine (C=N–C) groups is 1. The molecule has 1 heterocycles. The van der Waals surface area contributed by atoms with Gasteiger partial charge in [0.2, 0.25) is 11.9 Å². The Morgan fingerprint density at radius 2 is 1.62 bits per heavy atom. The van der Waals surface area contributed by atoms with Crippen molar-refractivity contribution in [2.24, 2.45) is 10.7 Å². The number of nitrogens with one attached hydrogen (secondary N) is 2. The van der Waals surface area contributed by atoms with Crippen molar-refractivity contribution in [2.45, 2.75) is 77.9 Å². The zero-order chi connectivity index (χ0) is 28.8. The van der Waals surface area contributed by atoms with E-state index in [4.69, 9.17) is 19.6 Å². The van der Waals surface area contributed by atoms with Gasteiger partial charge in [0.05, 0.1) is 0 Å². The topological polar surface area (TPSA) is 161 Å². The lowest BCUT2D eigenvalue weighted by atomic mass is 10.0. The second kappa shape index (κ2) is 12.3. The molecule has 0 saturated carbocycles. The molecule has 39 heavy (non-hydrogen) atoms. The van der Waals surface area contributed by atoms with Crippen LogP contribution < -0.4 is 16.4 Å². The summed E-state index contributed by atoms with van der Waals surface area (Å²) in [5.74, 6) is 0.0740. The van der Waals surface area contributed by atoms with Crippen LogP contribution in [0, 0.1) is 0 Å². The number of rotatable bonds is 6. The first-order valence-corrected chi connectivity index (χ1v) is 12.6. The number of ether oxygens (including phenoxy) is 2. The number of alkyl carbamates (subject to hydrolysis) is 1. The summed E-state index contributed by atoms with van der Waals surface area (Å²) in [6.45, 7) is 10.6. The molecule has 1 unspecified atom stereocenters. The van der Waals surface area contributed by atoms with Crippen LogP contribution >= 0.6 is 0 Å². The van der Waals surface area contributed by atoms with Gasteiger partial charge in [0.15, 0.2) is 5.58 Å². The van der Waals surface area contributed by atoms with E-state index in [-0.39, 0.29) is 18.4 Å². The van der Waals surface area contributed by atoms with Crippen LogP contribution in [0.4, 0.5) is 9.59 Å². The largest absolute Gasteiger partial charge is 0.444 e. The van der Waals surface area contributed by atoms with E-state index in [1.54, 1.807) is 53.7 Å². The second-order valence-electron chi connectivity index (χ2n) is 11.1. The van der Waals surface area contributed by atoms with E-state index in [1.807, 2.05) is 36.4 Å². The van der Waals surface area contributed by atoms with Crippen molar-refractivity contribution in [1.82, 2.24) is 15.6 Å². The molecule has 210 valence electrons. The molecular formula is C28H37N5O6. The third-order valence-electron chi connectivity index (χ3n) is 5.14. The number of aliphatic hydroxyl groups is 1. The number of hydrogen-bond donors (Lipinski definition) is 4. The monoisotopic (exact) mass is 539 g/mol. The van der Waals surface area contributed by atoms with Crippen molar-refractivity contribution in [2.75, 3.05) is 0 Å². The molecule has 11 heteroatoms. The molecule has 0 bridgehead atoms. The molecular weight excluding hydrogens is 502 g/mol. The fourth-order valence-electron chi connectivity index (χ4n) is 3.45. The molecule has 0 radical (unpaired) electrons. The number of carbonyl (C=O) groups is 2. The molecule has 3 rings (SSSR count). The van der Waals surface area contributed by atoms with Crippen LogP contribution in [-0.2, 0) is 22.4 Å². The molecule has 3 aromatic rings. The number of guanidine groups is 1. The predicted molar refractivity (Wildman–Crippen MR) is 147 cm³/mol. The summed E-state index contributed by atoms with van der Waals surface area (Å²) in [4.78, 5) is 32.6. The molecule has 11 nitrogen and oxygen atoms in total. The van der Waals surface area contributed by atoms with Crippen LogP contribution in [0.2, 0.25) is 0 Å². The van der Waals surface area contributed by atoms with Crippen molar-refractivity contribution in [1.29, 1.82) is 0 Å². The van der Waals surface area contributed by atoms with Crippen molar-refractivity contribution in [3.8, 4) is 0 Å². The summed E-state index contributed by atoms with van der Waals surface area (Å²) in [6, 6.07) is 14.1. The van der Waals surface area contributed by atoms with Crippen LogP contribution in [0.3, 0.4) is 0 Å². The van der Waals surface area contributed by atoms with Gasteiger partial charge in [0.25, 0.3) is 0 Å². The highest BCUT2D eigenvalue weighted by atomic mass is 16.6. The highest BCUT2D eigenvalue weighted by Crippen LogP contribution is 2.23. The molecule has 0 spiro atoms. The number of aliphatic hydroxyl groups excluding tert-OH is 1. The van der Waals surface area contributed by atoms with Gasteiger partial charge in [-0.3, -0.25) is 5.32 Å². The van der Waals surface area contributed by atoms with Crippen LogP contribution in [0.25, 0.3) is 11.1 Å². The van der Waals surface area contributed by atoms with E-state index in [0.29, 0.717) is 17.5 Å². The van der Waals surface area contributed by atoms with Crippen LogP contribution in [0.5, 0.6) is 0 Å². The maximum Gasteiger partial charge on any atom is 0.437 e. The Kier molecular flexibility index (Phi) is 9.31. The minimum Gasteiger partial charge on any atom is -0.444 e. The van der Waals surface area contributed by atoms with E-state index in [0.717, 1.165) is 11.1 Å². The lowest BCUT2D eigenvalue weighted by Crippen LogP contribution is -2.44. The fourth-order valence-corrected chi connectivity index (χ4v) is 3.45. The number of carbonyl (C=O) groups excluding carboxylic acids is 2. The molecule has 0 aliphatic carbocycles. The van der Waals surface area contributed by atoms with Crippen molar-refractivity contribution in [3.63, 3.8) is 0 Å². The summed E-state index contributed by atoms with van der Waals surface area (Å²) in [6.07, 6.45) is -2.30. The molecule has 0 aliphatic rings. The first-order chi connectivity index (χ1) is 18.2. The van der Waals surface area contributed by atoms with Gasteiger partial charge < -0.3 is 30.0 Å². The smallest absolute Gasteiger partial charge is 0.437 e. The molecule has 2 atom stereocenters. The molecule has 1 aromatic heterocycles. The van der Waals surface area contributed by atoms with Gasteiger partial charge in [0, 0.05) is 12.6 Å². The average molecular weight is 540 g/mol. The Balaban J connectivity index is 1.62. The normalized spacial score (nSPS) is 14.0. The van der Waals surface area contributed by atoms with Crippen LogP contribution in [-0.4, -0.2) is 45.5 Å². The number of benzene rings is 2. The summed E-state index contributed by atoms with van der Waals surface area (Å²) >= 11 is 0. The number of nitrogens with zero attached hydrogens (tertiary/aromatic N) is 2. The third kappa shape index (κ3) is 9.69. The third-order valence-corrected chi connectivity index (χ3v) is 5.14. The van der Waals surface area contributed by atoms with Gasteiger partial charge >= 0.3 is 12.2 Å². The van der Waals surface area contributed by atoms with Crippen LogP contribution in [0.1, 0.15) is 64.7 Å². The second-order valence-corrected chi connectivity index (χ2v) is 11.1. The van der Waals surface area contributed by atoms with Crippen molar-refractivity contribution in [3.05, 3.63) is 65.5 Å². The van der Waals surface area contributed by atoms with E-state index < -0.39 is 35.5 Å². The van der Waals surface area contributed by atoms with Crippen LogP contribution in [0.15, 0.2) is 57.9 Å². The minimum atomic E-state index is -1.07. The molecule has 2 amide bonds. The molecule has 5 N–H and O–H groups in total. The standard InChI is InChI=1S/C28H37N5O6/c1-27(2,3)38-25(35)32-24(33-26(36)39-28(4,5)6)30-16-18-13-11-17(12-14-18)15-19(29)22(34)23-31-20-9-7-8-10-21(20)37-23/h7-14,19,22,34H,15-16,29H2,1-6H3,(H2,30,32,33,35,36)/t19-,22?/m0/s1. The first kappa shape index (κ1) is 29.6. The number of nitrogens with two attached hydrogens (primary N) is 1. The maximum atomic E-state index is 12.3. The van der Waals surface area contributed by atoms with E-state index in [1.165, 1.54) is 0 Å². The number of para-hydroxylation sites is 2. The Morgan fingerprint density at radius 3 is 2.23 bits per heavy atom. The molecule has 2 aromatic carbocycles. The summed E-state index contributed by atoms with van der Waals surface area (Å²) in [5, 5.41) is 16.0. The Morgan fingerprint density at radius 1 is 1.00 bits per heavy atom. The molecule has 0 saturated heterocycles. The van der Waals surface area contributed by atoms with Gasteiger partial charge in [-0.2, -0.15) is 0 Å². The van der Waals surface area contributed by atoms with Crippen molar-refractivity contribution < 1.29 is 28.6 Å². The molecule has 0 aliphatic heterocycles. The minimum absolute atomic E-state index is 0.106. The van der Waals surface area contributed by atoms with E-state index in [2.05, 4.69) is 20.6 Å². The Hall–Kier alpha value is -3.96. The zero-order valence-electron chi connectivity index (χ0n) is 23.1. The summed E-state index contributed by atoms with van der Waals surface area (Å²) < 4.78 is 16.1. The van der Waals surface area contributed by atoms with Gasteiger partial charge in [-0.25, -0.2) is 14.6 Å². The van der Waals surface area contributed by atoms with Gasteiger partial charge in [-0.1, -0.05) is 36.4 Å². The van der Waals surface area contributed by atoms with Gasteiger partial charge in [0.1, 0.15) is 22.8 Å². The zero-order valence-corrected chi connectivity index (χ0v) is 23.1. The predicted octanol–water partition coefficient (Wildman–Crippen LogP) is 4.34. The average Bonchev–Trinajstić information content (AvgIpc) is 3.24. The fraction of sp³-hybridized carbons (Fsp3) is 0.429. The Bertz CT molecular complexity index is 1270. The quantitative estimate of drug-likeness (QED) is 0.264. The number of hydrogen-bond acceptors (Lipinski definition) is 8. The summed E-state index contributed by atoms with van der Waals surface area (Å²) in [7, 11) is 0. The SMILES string of the molecule is CC(C)(C)OC(=O)/N=C(/NCc1ccc(C[C@H](N)C(O)c2nc3ccccc3o2)cc1)NC(=O)OC(C)(C)C.